The molecule has 1 aliphatic rings. The third-order valence-electron chi connectivity index (χ3n) is 4.81. The number of guanidine groups is 1. The number of aliphatic hydroxyl groups excluding tert-OH is 1. The third-order valence-corrected chi connectivity index (χ3v) is 5.34. The number of anilines is 1. The van der Waals surface area contributed by atoms with Crippen LogP contribution in [0.5, 0.6) is 0 Å². The summed E-state index contributed by atoms with van der Waals surface area (Å²) in [7, 11) is 0. The average molecular weight is 425 g/mol. The normalized spacial score (nSPS) is 18.8. The van der Waals surface area contributed by atoms with Crippen LogP contribution in [0.15, 0.2) is 33.7 Å². The second kappa shape index (κ2) is 11.4. The summed E-state index contributed by atoms with van der Waals surface area (Å²) in [5.41, 5.74) is 1.27. The van der Waals surface area contributed by atoms with Crippen LogP contribution >= 0.6 is 15.9 Å². The van der Waals surface area contributed by atoms with Gasteiger partial charge in [0.2, 0.25) is 0 Å². The fraction of sp³-hybridized carbons (Fsp3) is 0.650. The van der Waals surface area contributed by atoms with E-state index in [0.29, 0.717) is 12.0 Å². The second-order valence-corrected chi connectivity index (χ2v) is 7.85. The van der Waals surface area contributed by atoms with Crippen LogP contribution in [-0.2, 0) is 0 Å². The molecule has 146 valence electrons. The Kier molecular flexibility index (Phi) is 9.26. The summed E-state index contributed by atoms with van der Waals surface area (Å²) in [6, 6.07) is 8.91. The van der Waals surface area contributed by atoms with Crippen molar-refractivity contribution in [1.82, 2.24) is 10.6 Å². The molecule has 0 bridgehead atoms. The molecule has 0 saturated carbocycles. The Hall–Kier alpha value is -1.27. The first-order valence-corrected chi connectivity index (χ1v) is 10.6. The first-order chi connectivity index (χ1) is 12.7. The highest BCUT2D eigenvalue weighted by Crippen LogP contribution is 2.22. The van der Waals surface area contributed by atoms with E-state index in [0.717, 1.165) is 62.3 Å². The number of aliphatic imine (C=N–C) groups is 1. The smallest absolute Gasteiger partial charge is 0.191 e. The largest absolute Gasteiger partial charge is 0.396 e. The van der Waals surface area contributed by atoms with Gasteiger partial charge in [-0.25, -0.2) is 0 Å². The third kappa shape index (κ3) is 6.80. The number of rotatable bonds is 9. The Morgan fingerprint density at radius 3 is 2.73 bits per heavy atom. The maximum absolute atomic E-state index is 9.23. The number of nitrogens with zero attached hydrogens (tertiary/aromatic N) is 2. The van der Waals surface area contributed by atoms with Gasteiger partial charge in [-0.2, -0.15) is 0 Å². The summed E-state index contributed by atoms with van der Waals surface area (Å²) in [5, 5.41) is 16.2. The lowest BCUT2D eigenvalue weighted by Crippen LogP contribution is -2.44. The van der Waals surface area contributed by atoms with Crippen LogP contribution in [-0.4, -0.2) is 49.9 Å². The summed E-state index contributed by atoms with van der Waals surface area (Å²) >= 11 is 3.50. The van der Waals surface area contributed by atoms with Crippen molar-refractivity contribution in [3.8, 4) is 0 Å². The maximum Gasteiger partial charge on any atom is 0.191 e. The van der Waals surface area contributed by atoms with Crippen LogP contribution in [0.1, 0.15) is 39.5 Å². The number of hydrogen-bond acceptors (Lipinski definition) is 3. The molecule has 0 amide bonds. The van der Waals surface area contributed by atoms with Gasteiger partial charge in [0, 0.05) is 49.0 Å². The quantitative estimate of drug-likeness (QED) is 0.420. The maximum atomic E-state index is 9.23. The summed E-state index contributed by atoms with van der Waals surface area (Å²) < 4.78 is 1.11. The SMILES string of the molecule is CCCC(CCO)CN=C(NCC)NC1CCN(c2ccc(Br)cc2)C1. The minimum absolute atomic E-state index is 0.245. The zero-order valence-electron chi connectivity index (χ0n) is 16.0. The summed E-state index contributed by atoms with van der Waals surface area (Å²) in [4.78, 5) is 7.20. The van der Waals surface area contributed by atoms with Crippen LogP contribution < -0.4 is 15.5 Å². The molecule has 2 atom stereocenters. The molecule has 6 heteroatoms. The van der Waals surface area contributed by atoms with Gasteiger partial charge >= 0.3 is 0 Å². The van der Waals surface area contributed by atoms with E-state index in [1.54, 1.807) is 0 Å². The van der Waals surface area contributed by atoms with Crippen LogP contribution in [0, 0.1) is 5.92 Å². The molecule has 0 aliphatic carbocycles. The van der Waals surface area contributed by atoms with Crippen molar-refractivity contribution in [2.45, 2.75) is 45.6 Å². The van der Waals surface area contributed by atoms with Crippen LogP contribution in [0.3, 0.4) is 0 Å². The first-order valence-electron chi connectivity index (χ1n) is 9.82. The lowest BCUT2D eigenvalue weighted by Gasteiger charge is -2.21. The van der Waals surface area contributed by atoms with E-state index < -0.39 is 0 Å². The molecule has 2 unspecified atom stereocenters. The van der Waals surface area contributed by atoms with Gasteiger partial charge in [0.05, 0.1) is 0 Å². The van der Waals surface area contributed by atoms with Gasteiger partial charge < -0.3 is 20.6 Å². The number of hydrogen-bond donors (Lipinski definition) is 3. The van der Waals surface area contributed by atoms with Crippen molar-refractivity contribution >= 4 is 27.6 Å². The molecule has 0 radical (unpaired) electrons. The Labute approximate surface area is 166 Å². The molecule has 1 aliphatic heterocycles. The van der Waals surface area contributed by atoms with Gasteiger partial charge in [-0.1, -0.05) is 29.3 Å². The Morgan fingerprint density at radius 1 is 1.31 bits per heavy atom. The molecule has 1 aromatic carbocycles. The van der Waals surface area contributed by atoms with Gasteiger partial charge in [-0.05, 0) is 56.4 Å². The van der Waals surface area contributed by atoms with E-state index in [4.69, 9.17) is 4.99 Å². The molecule has 1 saturated heterocycles. The average Bonchev–Trinajstić information content (AvgIpc) is 3.09. The van der Waals surface area contributed by atoms with E-state index in [9.17, 15) is 5.11 Å². The molecule has 5 nitrogen and oxygen atoms in total. The Balaban J connectivity index is 1.90. The molecule has 1 heterocycles. The highest BCUT2D eigenvalue weighted by molar-refractivity contribution is 9.10. The highest BCUT2D eigenvalue weighted by Gasteiger charge is 2.23. The zero-order valence-corrected chi connectivity index (χ0v) is 17.6. The van der Waals surface area contributed by atoms with Gasteiger partial charge in [0.1, 0.15) is 0 Å². The van der Waals surface area contributed by atoms with Crippen molar-refractivity contribution in [1.29, 1.82) is 0 Å². The lowest BCUT2D eigenvalue weighted by atomic mass is 10.0. The van der Waals surface area contributed by atoms with Gasteiger partial charge in [-0.15, -0.1) is 0 Å². The van der Waals surface area contributed by atoms with Crippen LogP contribution in [0.2, 0.25) is 0 Å². The van der Waals surface area contributed by atoms with Gasteiger partial charge in [-0.3, -0.25) is 4.99 Å². The Bertz CT molecular complexity index is 543. The minimum atomic E-state index is 0.245. The highest BCUT2D eigenvalue weighted by atomic mass is 79.9. The molecule has 2 rings (SSSR count). The topological polar surface area (TPSA) is 59.9 Å². The first kappa shape index (κ1) is 21.0. The monoisotopic (exact) mass is 424 g/mol. The molecular weight excluding hydrogens is 392 g/mol. The van der Waals surface area contributed by atoms with Crippen molar-refractivity contribution in [3.05, 3.63) is 28.7 Å². The minimum Gasteiger partial charge on any atom is -0.396 e. The lowest BCUT2D eigenvalue weighted by molar-refractivity contribution is 0.253. The van der Waals surface area contributed by atoms with Crippen LogP contribution in [0.25, 0.3) is 0 Å². The number of aliphatic hydroxyl groups is 1. The molecule has 0 aromatic heterocycles. The fourth-order valence-electron chi connectivity index (χ4n) is 3.42. The van der Waals surface area contributed by atoms with E-state index in [1.807, 2.05) is 0 Å². The van der Waals surface area contributed by atoms with Crippen LogP contribution in [0.4, 0.5) is 5.69 Å². The van der Waals surface area contributed by atoms with Gasteiger partial charge in [0.25, 0.3) is 0 Å². The van der Waals surface area contributed by atoms with Crippen molar-refractivity contribution in [2.75, 3.05) is 37.7 Å². The van der Waals surface area contributed by atoms with Gasteiger partial charge in [0.15, 0.2) is 5.96 Å². The van der Waals surface area contributed by atoms with E-state index in [2.05, 4.69) is 69.6 Å². The number of nitrogens with one attached hydrogen (secondary N) is 2. The standard InChI is InChI=1S/C20H33BrN4O/c1-3-5-16(11-13-26)14-23-20(22-4-2)24-18-10-12-25(15-18)19-8-6-17(21)7-9-19/h6-9,16,18,26H,3-5,10-15H2,1-2H3,(H2,22,23,24). The van der Waals surface area contributed by atoms with Crippen molar-refractivity contribution in [3.63, 3.8) is 0 Å². The summed E-state index contributed by atoms with van der Waals surface area (Å²) in [6.45, 7) is 8.20. The molecule has 26 heavy (non-hydrogen) atoms. The van der Waals surface area contributed by atoms with Crippen molar-refractivity contribution < 1.29 is 5.11 Å². The van der Waals surface area contributed by atoms with E-state index >= 15 is 0 Å². The zero-order chi connectivity index (χ0) is 18.8. The molecule has 1 fully saturated rings. The molecule has 0 spiro atoms. The summed E-state index contributed by atoms with van der Waals surface area (Å²) in [5.74, 6) is 1.36. The van der Waals surface area contributed by atoms with E-state index in [-0.39, 0.29) is 6.61 Å². The van der Waals surface area contributed by atoms with Crippen molar-refractivity contribution in [2.24, 2.45) is 10.9 Å². The Morgan fingerprint density at radius 2 is 2.08 bits per heavy atom. The summed E-state index contributed by atoms with van der Waals surface area (Å²) in [6.07, 6.45) is 4.19. The molecule has 3 N–H and O–H groups in total. The number of halogens is 1. The predicted octanol–water partition coefficient (Wildman–Crippen LogP) is 3.38. The fourth-order valence-corrected chi connectivity index (χ4v) is 3.68. The molecular formula is C20H33BrN4O. The van der Waals surface area contributed by atoms with E-state index in [1.165, 1.54) is 5.69 Å². The predicted molar refractivity (Wildman–Crippen MR) is 114 cm³/mol. The second-order valence-electron chi connectivity index (χ2n) is 6.94. The number of benzene rings is 1. The molecule has 1 aromatic rings.